The second kappa shape index (κ2) is 6.03. The topological polar surface area (TPSA) is 54.5 Å². The fourth-order valence-corrected chi connectivity index (χ4v) is 5.25. The summed E-state index contributed by atoms with van der Waals surface area (Å²) in [7, 11) is -1.22. The van der Waals surface area contributed by atoms with E-state index in [0.717, 1.165) is 18.4 Å². The molecule has 0 bridgehead atoms. The molecule has 0 saturated carbocycles. The molecule has 0 spiro atoms. The van der Waals surface area contributed by atoms with Crippen molar-refractivity contribution in [3.63, 3.8) is 0 Å². The average Bonchev–Trinajstić information content (AvgIpc) is 2.86. The predicted octanol–water partition coefficient (Wildman–Crippen LogP) is 1.75. The number of carbonyl (C=O) groups is 1. The van der Waals surface area contributed by atoms with Crippen molar-refractivity contribution in [3.8, 4) is 0 Å². The number of likely N-dealkylation sites (N-methyl/N-ethyl adjacent to an activating group) is 1. The van der Waals surface area contributed by atoms with Gasteiger partial charge in [0.1, 0.15) is 0 Å². The highest BCUT2D eigenvalue weighted by atomic mass is 32.2. The van der Waals surface area contributed by atoms with E-state index in [-0.39, 0.29) is 23.5 Å². The van der Waals surface area contributed by atoms with Gasteiger partial charge < -0.3 is 4.90 Å². The highest BCUT2D eigenvalue weighted by Gasteiger charge is 2.32. The zero-order valence-corrected chi connectivity index (χ0v) is 13.9. The van der Waals surface area contributed by atoms with Crippen molar-refractivity contribution < 1.29 is 13.2 Å². The van der Waals surface area contributed by atoms with Crippen LogP contribution in [0.25, 0.3) is 0 Å². The van der Waals surface area contributed by atoms with Crippen LogP contribution in [0.1, 0.15) is 36.0 Å². The maximum absolute atomic E-state index is 12.4. The summed E-state index contributed by atoms with van der Waals surface area (Å²) >= 11 is 0. The first kappa shape index (κ1) is 15.5. The molecule has 1 heterocycles. The number of nitrogens with zero attached hydrogens (tertiary/aromatic N) is 1. The van der Waals surface area contributed by atoms with Gasteiger partial charge in [0.25, 0.3) is 0 Å². The third-order valence-corrected chi connectivity index (χ3v) is 6.67. The summed E-state index contributed by atoms with van der Waals surface area (Å²) in [5.41, 5.74) is 3.83. The molecule has 1 fully saturated rings. The number of aryl methyl sites for hydroxylation is 2. The lowest BCUT2D eigenvalue weighted by molar-refractivity contribution is -0.130. The van der Waals surface area contributed by atoms with Crippen LogP contribution >= 0.6 is 0 Å². The Labute approximate surface area is 132 Å². The summed E-state index contributed by atoms with van der Waals surface area (Å²) in [6.07, 6.45) is 5.65. The van der Waals surface area contributed by atoms with E-state index < -0.39 is 9.84 Å². The number of rotatable bonds is 3. The van der Waals surface area contributed by atoms with Gasteiger partial charge in [0.15, 0.2) is 9.84 Å². The highest BCUT2D eigenvalue weighted by Crippen LogP contribution is 2.23. The van der Waals surface area contributed by atoms with E-state index in [1.165, 1.54) is 24.0 Å². The lowest BCUT2D eigenvalue weighted by Crippen LogP contribution is -2.38. The van der Waals surface area contributed by atoms with Crippen molar-refractivity contribution in [2.75, 3.05) is 18.6 Å². The van der Waals surface area contributed by atoms with E-state index >= 15 is 0 Å². The molecular formula is C17H23NO3S. The average molecular weight is 321 g/mol. The number of benzene rings is 1. The Hall–Kier alpha value is -1.36. The molecular weight excluding hydrogens is 298 g/mol. The van der Waals surface area contributed by atoms with E-state index in [0.29, 0.717) is 12.8 Å². The first-order valence-electron chi connectivity index (χ1n) is 8.01. The molecule has 1 unspecified atom stereocenters. The summed E-state index contributed by atoms with van der Waals surface area (Å²) in [5.74, 6) is 0.325. The predicted molar refractivity (Wildman–Crippen MR) is 86.6 cm³/mol. The smallest absolute Gasteiger partial charge is 0.227 e. The molecule has 22 heavy (non-hydrogen) atoms. The molecule has 1 atom stereocenters. The van der Waals surface area contributed by atoms with Crippen LogP contribution in [0, 0.1) is 0 Å². The lowest BCUT2D eigenvalue weighted by Gasteiger charge is -2.24. The standard InChI is InChI=1S/C17H23NO3S/c1-18(16-8-9-22(20,21)12-16)17(19)11-13-6-7-14-4-2-3-5-15(14)10-13/h6-7,10,16H,2-5,8-9,11-12H2,1H3. The van der Waals surface area contributed by atoms with Crippen LogP contribution in [-0.4, -0.2) is 43.8 Å². The van der Waals surface area contributed by atoms with E-state index in [1.54, 1.807) is 11.9 Å². The van der Waals surface area contributed by atoms with Gasteiger partial charge in [-0.3, -0.25) is 4.79 Å². The minimum absolute atomic E-state index is 0.0119. The normalized spacial score (nSPS) is 23.0. The molecule has 4 nitrogen and oxygen atoms in total. The Morgan fingerprint density at radius 2 is 1.95 bits per heavy atom. The van der Waals surface area contributed by atoms with E-state index in [9.17, 15) is 13.2 Å². The van der Waals surface area contributed by atoms with Gasteiger partial charge in [-0.15, -0.1) is 0 Å². The van der Waals surface area contributed by atoms with Crippen LogP contribution < -0.4 is 0 Å². The number of sulfone groups is 1. The van der Waals surface area contributed by atoms with Crippen molar-refractivity contribution >= 4 is 15.7 Å². The summed E-state index contributed by atoms with van der Waals surface area (Å²) in [5, 5.41) is 0. The molecule has 120 valence electrons. The van der Waals surface area contributed by atoms with Gasteiger partial charge >= 0.3 is 0 Å². The van der Waals surface area contributed by atoms with E-state index in [1.807, 2.05) is 6.07 Å². The maximum Gasteiger partial charge on any atom is 0.227 e. The molecule has 2 aliphatic rings. The Morgan fingerprint density at radius 1 is 1.23 bits per heavy atom. The first-order valence-corrected chi connectivity index (χ1v) is 9.83. The second-order valence-electron chi connectivity index (χ2n) is 6.55. The maximum atomic E-state index is 12.4. The van der Waals surface area contributed by atoms with Gasteiger partial charge in [-0.25, -0.2) is 8.42 Å². The Balaban J connectivity index is 1.66. The minimum Gasteiger partial charge on any atom is -0.341 e. The molecule has 0 aromatic heterocycles. The zero-order valence-electron chi connectivity index (χ0n) is 13.0. The molecule has 1 aliphatic heterocycles. The number of amides is 1. The lowest BCUT2D eigenvalue weighted by atomic mass is 9.90. The highest BCUT2D eigenvalue weighted by molar-refractivity contribution is 7.91. The third kappa shape index (κ3) is 3.35. The van der Waals surface area contributed by atoms with Gasteiger partial charge in [0.05, 0.1) is 17.9 Å². The molecule has 0 radical (unpaired) electrons. The molecule has 1 aromatic rings. The summed E-state index contributed by atoms with van der Waals surface area (Å²) in [6, 6.07) is 6.19. The zero-order chi connectivity index (χ0) is 15.7. The summed E-state index contributed by atoms with van der Waals surface area (Å²) in [6.45, 7) is 0. The minimum atomic E-state index is -2.95. The molecule has 1 saturated heterocycles. The molecule has 3 rings (SSSR count). The number of hydrogen-bond acceptors (Lipinski definition) is 3. The Morgan fingerprint density at radius 3 is 2.64 bits per heavy atom. The third-order valence-electron chi connectivity index (χ3n) is 4.92. The molecule has 1 aliphatic carbocycles. The van der Waals surface area contributed by atoms with Crippen molar-refractivity contribution in [1.29, 1.82) is 0 Å². The summed E-state index contributed by atoms with van der Waals surface area (Å²) in [4.78, 5) is 14.0. The van der Waals surface area contributed by atoms with E-state index in [2.05, 4.69) is 12.1 Å². The van der Waals surface area contributed by atoms with Crippen molar-refractivity contribution in [3.05, 3.63) is 34.9 Å². The second-order valence-corrected chi connectivity index (χ2v) is 8.78. The Kier molecular flexibility index (Phi) is 4.26. The van der Waals surface area contributed by atoms with Gasteiger partial charge in [-0.2, -0.15) is 0 Å². The van der Waals surface area contributed by atoms with Crippen LogP contribution in [0.2, 0.25) is 0 Å². The first-order chi connectivity index (χ1) is 10.4. The fourth-order valence-electron chi connectivity index (χ4n) is 3.48. The molecule has 5 heteroatoms. The quantitative estimate of drug-likeness (QED) is 0.852. The van der Waals surface area contributed by atoms with Crippen molar-refractivity contribution in [2.45, 2.75) is 44.6 Å². The van der Waals surface area contributed by atoms with Crippen LogP contribution in [0.3, 0.4) is 0 Å². The van der Waals surface area contributed by atoms with Crippen LogP contribution in [0.15, 0.2) is 18.2 Å². The van der Waals surface area contributed by atoms with Crippen molar-refractivity contribution in [2.24, 2.45) is 0 Å². The molecule has 1 aromatic carbocycles. The number of carbonyl (C=O) groups excluding carboxylic acids is 1. The van der Waals surface area contributed by atoms with Gasteiger partial charge in [0.2, 0.25) is 5.91 Å². The molecule has 0 N–H and O–H groups in total. The fraction of sp³-hybridized carbons (Fsp3) is 0.588. The van der Waals surface area contributed by atoms with Crippen LogP contribution in [-0.2, 0) is 33.9 Å². The van der Waals surface area contributed by atoms with Gasteiger partial charge in [0, 0.05) is 13.1 Å². The number of hydrogen-bond donors (Lipinski definition) is 0. The largest absolute Gasteiger partial charge is 0.341 e. The Bertz CT molecular complexity index is 681. The van der Waals surface area contributed by atoms with Crippen LogP contribution in [0.5, 0.6) is 0 Å². The van der Waals surface area contributed by atoms with E-state index in [4.69, 9.17) is 0 Å². The van der Waals surface area contributed by atoms with Crippen molar-refractivity contribution in [1.82, 2.24) is 4.90 Å². The van der Waals surface area contributed by atoms with Gasteiger partial charge in [-0.1, -0.05) is 18.2 Å². The number of fused-ring (bicyclic) bond motifs is 1. The van der Waals surface area contributed by atoms with Gasteiger partial charge in [-0.05, 0) is 48.8 Å². The molecule has 1 amide bonds. The van der Waals surface area contributed by atoms with Crippen LogP contribution in [0.4, 0.5) is 0 Å². The SMILES string of the molecule is CN(C(=O)Cc1ccc2c(c1)CCCC2)C1CCS(=O)(=O)C1. The summed E-state index contributed by atoms with van der Waals surface area (Å²) < 4.78 is 23.1. The monoisotopic (exact) mass is 321 g/mol.